The number of para-hydroxylation sites is 1. The Labute approximate surface area is 204 Å². The molecule has 1 fully saturated rings. The van der Waals surface area contributed by atoms with Gasteiger partial charge < -0.3 is 9.80 Å². The molecule has 6 heteroatoms. The summed E-state index contributed by atoms with van der Waals surface area (Å²) >= 11 is 1.40. The highest BCUT2D eigenvalue weighted by molar-refractivity contribution is 8.04. The summed E-state index contributed by atoms with van der Waals surface area (Å²) in [5, 5.41) is 0. The number of amides is 2. The summed E-state index contributed by atoms with van der Waals surface area (Å²) in [5.74, 6) is -0.406. The number of imide groups is 1. The first-order chi connectivity index (χ1) is 16.6. The molecule has 0 spiro atoms. The summed E-state index contributed by atoms with van der Waals surface area (Å²) in [6.07, 6.45) is 0. The van der Waals surface area contributed by atoms with Crippen molar-refractivity contribution in [1.29, 1.82) is 0 Å². The van der Waals surface area contributed by atoms with Crippen molar-refractivity contribution in [3.05, 3.63) is 107 Å². The molecule has 2 aliphatic heterocycles. The molecule has 0 aliphatic carbocycles. The van der Waals surface area contributed by atoms with Gasteiger partial charge in [0.1, 0.15) is 10.6 Å². The summed E-state index contributed by atoms with van der Waals surface area (Å²) < 4.78 is 0. The van der Waals surface area contributed by atoms with Crippen molar-refractivity contribution in [2.45, 2.75) is 18.4 Å². The summed E-state index contributed by atoms with van der Waals surface area (Å²) in [7, 11) is 0. The lowest BCUT2D eigenvalue weighted by atomic mass is 10.2. The summed E-state index contributed by atoms with van der Waals surface area (Å²) in [4.78, 5) is 34.4. The monoisotopic (exact) mass is 469 g/mol. The number of hydrogen-bond donors (Lipinski definition) is 0. The van der Waals surface area contributed by atoms with Gasteiger partial charge in [-0.25, -0.2) is 0 Å². The molecule has 0 bridgehead atoms. The highest BCUT2D eigenvalue weighted by Crippen LogP contribution is 2.38. The Morgan fingerprint density at radius 1 is 0.706 bits per heavy atom. The maximum Gasteiger partial charge on any atom is 0.278 e. The van der Waals surface area contributed by atoms with E-state index in [-0.39, 0.29) is 18.4 Å². The second kappa shape index (κ2) is 9.77. The molecule has 34 heavy (non-hydrogen) atoms. The maximum atomic E-state index is 13.6. The molecule has 0 N–H and O–H groups in total. The van der Waals surface area contributed by atoms with Crippen LogP contribution in [0.3, 0.4) is 0 Å². The van der Waals surface area contributed by atoms with E-state index in [2.05, 4.69) is 21.9 Å². The number of benzene rings is 3. The van der Waals surface area contributed by atoms with Crippen LogP contribution in [0.1, 0.15) is 11.1 Å². The van der Waals surface area contributed by atoms with Crippen molar-refractivity contribution in [1.82, 2.24) is 9.80 Å². The lowest BCUT2D eigenvalue weighted by Gasteiger charge is -2.37. The fourth-order valence-corrected chi connectivity index (χ4v) is 5.39. The Hall–Kier alpha value is -3.51. The first kappa shape index (κ1) is 22.3. The largest absolute Gasteiger partial charge is 0.368 e. The first-order valence-electron chi connectivity index (χ1n) is 11.5. The summed E-state index contributed by atoms with van der Waals surface area (Å²) in [6.45, 7) is 5.31. The zero-order valence-electron chi connectivity index (χ0n) is 19.2. The second-order valence-corrected chi connectivity index (χ2v) is 9.67. The zero-order valence-corrected chi connectivity index (χ0v) is 20.0. The fraction of sp³-hybridized carbons (Fsp3) is 0.214. The van der Waals surface area contributed by atoms with Crippen LogP contribution in [0.15, 0.2) is 100 Å². The molecule has 0 saturated carbocycles. The van der Waals surface area contributed by atoms with E-state index in [1.54, 1.807) is 0 Å². The van der Waals surface area contributed by atoms with E-state index < -0.39 is 0 Å². The van der Waals surface area contributed by atoms with E-state index in [9.17, 15) is 9.59 Å². The van der Waals surface area contributed by atoms with Crippen molar-refractivity contribution in [3.63, 3.8) is 0 Å². The number of anilines is 1. The average molecular weight is 470 g/mol. The number of carbonyl (C=O) groups is 2. The average Bonchev–Trinajstić information content (AvgIpc) is 3.11. The van der Waals surface area contributed by atoms with Gasteiger partial charge in [-0.05, 0) is 36.8 Å². The molecule has 2 amide bonds. The molecule has 5 rings (SSSR count). The van der Waals surface area contributed by atoms with E-state index in [1.807, 2.05) is 79.7 Å². The van der Waals surface area contributed by atoms with Gasteiger partial charge in [0.2, 0.25) is 0 Å². The topological polar surface area (TPSA) is 43.9 Å². The Bertz CT molecular complexity index is 1200. The van der Waals surface area contributed by atoms with Gasteiger partial charge in [0, 0.05) is 36.8 Å². The van der Waals surface area contributed by atoms with Crippen LogP contribution in [0.25, 0.3) is 0 Å². The van der Waals surface area contributed by atoms with Gasteiger partial charge in [0.05, 0.1) is 6.54 Å². The van der Waals surface area contributed by atoms with E-state index in [0.29, 0.717) is 23.7 Å². The van der Waals surface area contributed by atoms with Crippen LogP contribution < -0.4 is 4.90 Å². The molecule has 0 atom stereocenters. The zero-order chi connectivity index (χ0) is 23.5. The maximum absolute atomic E-state index is 13.6. The molecule has 1 saturated heterocycles. The van der Waals surface area contributed by atoms with E-state index in [1.165, 1.54) is 22.3 Å². The van der Waals surface area contributed by atoms with Crippen LogP contribution in [0.5, 0.6) is 0 Å². The normalized spacial score (nSPS) is 16.6. The van der Waals surface area contributed by atoms with Gasteiger partial charge in [-0.2, -0.15) is 0 Å². The SMILES string of the molecule is Cc1ccc(SC2=C(N3CCN(c4ccccc4)CC3)C(=O)N(Cc3ccccc3)C2=O)cc1. The molecule has 2 heterocycles. The third-order valence-electron chi connectivity index (χ3n) is 6.24. The third-order valence-corrected chi connectivity index (χ3v) is 7.32. The van der Waals surface area contributed by atoms with Crippen molar-refractivity contribution < 1.29 is 9.59 Å². The van der Waals surface area contributed by atoms with Crippen LogP contribution >= 0.6 is 11.8 Å². The third kappa shape index (κ3) is 4.59. The number of piperazine rings is 1. The minimum Gasteiger partial charge on any atom is -0.368 e. The smallest absolute Gasteiger partial charge is 0.278 e. The van der Waals surface area contributed by atoms with Crippen LogP contribution in [0.4, 0.5) is 5.69 Å². The lowest BCUT2D eigenvalue weighted by molar-refractivity contribution is -0.138. The van der Waals surface area contributed by atoms with Crippen molar-refractivity contribution in [2.24, 2.45) is 0 Å². The van der Waals surface area contributed by atoms with Gasteiger partial charge in [0.15, 0.2) is 0 Å². The predicted molar refractivity (Wildman–Crippen MR) is 136 cm³/mol. The van der Waals surface area contributed by atoms with Crippen LogP contribution in [0.2, 0.25) is 0 Å². The summed E-state index contributed by atoms with van der Waals surface area (Å²) in [5.41, 5.74) is 3.83. The highest BCUT2D eigenvalue weighted by atomic mass is 32.2. The number of aryl methyl sites for hydroxylation is 1. The lowest BCUT2D eigenvalue weighted by Crippen LogP contribution is -2.47. The van der Waals surface area contributed by atoms with Gasteiger partial charge >= 0.3 is 0 Å². The minimum absolute atomic E-state index is 0.198. The molecule has 0 unspecified atom stereocenters. The molecular formula is C28H27N3O2S. The van der Waals surface area contributed by atoms with Crippen LogP contribution in [-0.2, 0) is 16.1 Å². The van der Waals surface area contributed by atoms with Crippen LogP contribution in [0, 0.1) is 6.92 Å². The Kier molecular flexibility index (Phi) is 6.41. The van der Waals surface area contributed by atoms with Crippen LogP contribution in [-0.4, -0.2) is 47.8 Å². The van der Waals surface area contributed by atoms with Crippen molar-refractivity contribution in [2.75, 3.05) is 31.1 Å². The molecule has 5 nitrogen and oxygen atoms in total. The van der Waals surface area contributed by atoms with E-state index in [0.717, 1.165) is 29.1 Å². The predicted octanol–water partition coefficient (Wildman–Crippen LogP) is 4.69. The number of hydrogen-bond acceptors (Lipinski definition) is 5. The number of thioether (sulfide) groups is 1. The molecule has 0 aromatic heterocycles. The molecule has 0 radical (unpaired) electrons. The Balaban J connectivity index is 1.41. The van der Waals surface area contributed by atoms with Crippen molar-refractivity contribution in [3.8, 4) is 0 Å². The minimum atomic E-state index is -0.208. The van der Waals surface area contributed by atoms with Gasteiger partial charge in [-0.15, -0.1) is 0 Å². The van der Waals surface area contributed by atoms with E-state index >= 15 is 0 Å². The van der Waals surface area contributed by atoms with Gasteiger partial charge in [-0.3, -0.25) is 14.5 Å². The molecule has 3 aromatic carbocycles. The highest BCUT2D eigenvalue weighted by Gasteiger charge is 2.42. The first-order valence-corrected chi connectivity index (χ1v) is 12.4. The summed E-state index contributed by atoms with van der Waals surface area (Å²) in [6, 6.07) is 28.1. The van der Waals surface area contributed by atoms with Gasteiger partial charge in [-0.1, -0.05) is 78.0 Å². The fourth-order valence-electron chi connectivity index (χ4n) is 4.37. The Morgan fingerprint density at radius 3 is 1.94 bits per heavy atom. The number of nitrogens with zero attached hydrogens (tertiary/aromatic N) is 3. The van der Waals surface area contributed by atoms with Crippen molar-refractivity contribution >= 4 is 29.3 Å². The molecule has 172 valence electrons. The molecule has 2 aliphatic rings. The quantitative estimate of drug-likeness (QED) is 0.490. The number of carbonyl (C=O) groups excluding carboxylic acids is 2. The second-order valence-electron chi connectivity index (χ2n) is 8.58. The van der Waals surface area contributed by atoms with Gasteiger partial charge in [0.25, 0.3) is 11.8 Å². The molecular weight excluding hydrogens is 442 g/mol. The Morgan fingerprint density at radius 2 is 1.29 bits per heavy atom. The van der Waals surface area contributed by atoms with E-state index in [4.69, 9.17) is 0 Å². The molecule has 3 aromatic rings. The number of rotatable bonds is 6. The standard InChI is InChI=1S/C28H27N3O2S/c1-21-12-14-24(15-13-21)34-26-25(27(32)31(28(26)33)20-22-8-4-2-5-9-22)30-18-16-29(17-19-30)23-10-6-3-7-11-23/h2-15H,16-20H2,1H3.